The molecule has 0 spiro atoms. The maximum Gasteiger partial charge on any atom is 0.294 e. The zero-order valence-corrected chi connectivity index (χ0v) is 23.0. The van der Waals surface area contributed by atoms with Gasteiger partial charge in [0.05, 0.1) is 15.0 Å². The number of fused-ring (bicyclic) bond motifs is 1. The van der Waals surface area contributed by atoms with Gasteiger partial charge in [0, 0.05) is 18.1 Å². The normalized spacial score (nSPS) is 16.2. The smallest absolute Gasteiger partial charge is 0.294 e. The third-order valence-electron chi connectivity index (χ3n) is 6.27. The van der Waals surface area contributed by atoms with Crippen LogP contribution in [0.1, 0.15) is 22.3 Å². The molecule has 1 fully saturated rings. The van der Waals surface area contributed by atoms with E-state index < -0.39 is 11.1 Å². The van der Waals surface area contributed by atoms with Crippen LogP contribution < -0.4 is 4.74 Å². The Bertz CT molecular complexity index is 1440. The van der Waals surface area contributed by atoms with Crippen molar-refractivity contribution in [1.29, 1.82) is 0 Å². The Kier molecular flexibility index (Phi) is 8.00. The molecule has 2 heterocycles. The molecular weight excluding hydrogens is 567 g/mol. The summed E-state index contributed by atoms with van der Waals surface area (Å²) < 4.78 is 5.79. The van der Waals surface area contributed by atoms with Crippen molar-refractivity contribution in [2.24, 2.45) is 0 Å². The van der Waals surface area contributed by atoms with Gasteiger partial charge < -0.3 is 9.64 Å². The molecule has 38 heavy (non-hydrogen) atoms. The van der Waals surface area contributed by atoms with Crippen molar-refractivity contribution in [1.82, 2.24) is 9.80 Å². The zero-order chi connectivity index (χ0) is 26.8. The minimum Gasteiger partial charge on any atom is -0.486 e. The number of carbonyl (C=O) groups is 3. The Hall–Kier alpha value is -2.97. The van der Waals surface area contributed by atoms with Gasteiger partial charge >= 0.3 is 0 Å². The van der Waals surface area contributed by atoms with Gasteiger partial charge in [-0.3, -0.25) is 19.3 Å². The van der Waals surface area contributed by atoms with Crippen molar-refractivity contribution in [2.75, 3.05) is 13.1 Å². The fourth-order valence-corrected chi connectivity index (χ4v) is 5.85. The van der Waals surface area contributed by atoms with Crippen molar-refractivity contribution in [3.8, 4) is 5.75 Å². The molecule has 3 aromatic rings. The van der Waals surface area contributed by atoms with Crippen molar-refractivity contribution in [2.45, 2.75) is 19.6 Å². The molecule has 194 valence electrons. The van der Waals surface area contributed by atoms with E-state index in [-0.39, 0.29) is 34.0 Å². The summed E-state index contributed by atoms with van der Waals surface area (Å²) in [5.74, 6) is -0.486. The second kappa shape index (κ2) is 11.4. The quantitative estimate of drug-likeness (QED) is 0.295. The van der Waals surface area contributed by atoms with Crippen LogP contribution in [0.4, 0.5) is 4.79 Å². The van der Waals surface area contributed by atoms with Crippen LogP contribution in [0.5, 0.6) is 5.75 Å². The fraction of sp³-hybridized carbons (Fsp3) is 0.179. The summed E-state index contributed by atoms with van der Waals surface area (Å²) >= 11 is 19.5. The molecule has 2 aliphatic heterocycles. The van der Waals surface area contributed by atoms with E-state index in [0.717, 1.165) is 34.2 Å². The maximum atomic E-state index is 13.0. The van der Waals surface area contributed by atoms with E-state index >= 15 is 0 Å². The lowest BCUT2D eigenvalue weighted by Gasteiger charge is -2.29. The lowest BCUT2D eigenvalue weighted by molar-refractivity contribution is -0.136. The van der Waals surface area contributed by atoms with Gasteiger partial charge in [-0.1, -0.05) is 71.2 Å². The Morgan fingerprint density at radius 1 is 0.974 bits per heavy atom. The summed E-state index contributed by atoms with van der Waals surface area (Å²) in [4.78, 5) is 41.4. The Labute approximate surface area is 239 Å². The number of rotatable bonds is 6. The second-order valence-corrected chi connectivity index (χ2v) is 11.1. The van der Waals surface area contributed by atoms with Gasteiger partial charge in [-0.25, -0.2) is 0 Å². The Morgan fingerprint density at radius 3 is 2.37 bits per heavy atom. The fourth-order valence-electron chi connectivity index (χ4n) is 4.27. The van der Waals surface area contributed by atoms with Crippen LogP contribution in [0.15, 0.2) is 65.6 Å². The summed E-state index contributed by atoms with van der Waals surface area (Å²) in [6.07, 6.45) is 2.28. The molecule has 5 rings (SSSR count). The van der Waals surface area contributed by atoms with Crippen molar-refractivity contribution >= 4 is 69.7 Å². The van der Waals surface area contributed by atoms with Gasteiger partial charge in [-0.2, -0.15) is 0 Å². The minimum atomic E-state index is -0.527. The van der Waals surface area contributed by atoms with E-state index in [2.05, 4.69) is 6.07 Å². The molecule has 0 aromatic heterocycles. The molecular formula is C28H21Cl3N2O4S. The van der Waals surface area contributed by atoms with Crippen LogP contribution in [0, 0.1) is 0 Å². The third kappa shape index (κ3) is 5.86. The molecule has 2 aliphatic rings. The number of carbonyl (C=O) groups excluding carboxylic acids is 3. The first-order valence-corrected chi connectivity index (χ1v) is 13.7. The predicted octanol–water partition coefficient (Wildman–Crippen LogP) is 6.85. The lowest BCUT2D eigenvalue weighted by atomic mass is 10.00. The van der Waals surface area contributed by atoms with E-state index in [1.807, 2.05) is 30.3 Å². The predicted molar refractivity (Wildman–Crippen MR) is 150 cm³/mol. The van der Waals surface area contributed by atoms with Gasteiger partial charge in [0.2, 0.25) is 5.91 Å². The molecule has 0 aliphatic carbocycles. The number of halogens is 3. The summed E-state index contributed by atoms with van der Waals surface area (Å²) in [7, 11) is 0. The molecule has 10 heteroatoms. The highest BCUT2D eigenvalue weighted by molar-refractivity contribution is 8.18. The molecule has 0 N–H and O–H groups in total. The zero-order valence-electron chi connectivity index (χ0n) is 20.0. The van der Waals surface area contributed by atoms with Crippen molar-refractivity contribution < 1.29 is 19.1 Å². The van der Waals surface area contributed by atoms with Crippen LogP contribution >= 0.6 is 46.6 Å². The first kappa shape index (κ1) is 26.6. The van der Waals surface area contributed by atoms with Crippen molar-refractivity contribution in [3.63, 3.8) is 0 Å². The molecule has 3 amide bonds. The Morgan fingerprint density at radius 2 is 1.66 bits per heavy atom. The lowest BCUT2D eigenvalue weighted by Crippen LogP contribution is -2.44. The first-order chi connectivity index (χ1) is 18.3. The van der Waals surface area contributed by atoms with Gasteiger partial charge in [-0.15, -0.1) is 0 Å². The van der Waals surface area contributed by atoms with Gasteiger partial charge in [0.15, 0.2) is 5.75 Å². The van der Waals surface area contributed by atoms with E-state index in [1.165, 1.54) is 11.6 Å². The molecule has 3 aromatic carbocycles. The number of hydrogen-bond acceptors (Lipinski definition) is 5. The first-order valence-electron chi connectivity index (χ1n) is 11.7. The standard InChI is InChI=1S/C28H21Cl3N2O4S/c29-21-7-5-17(6-8-21)16-37-26-22(30)11-18(12-23(26)31)13-24-27(35)33(28(36)38-24)15-25(34)32-10-9-19-3-1-2-4-20(19)14-32/h1-8,11-13H,9-10,14-16H2/b24-13-. The molecule has 0 radical (unpaired) electrons. The molecule has 0 saturated carbocycles. The van der Waals surface area contributed by atoms with Gasteiger partial charge in [-0.05, 0) is 70.8 Å². The number of amides is 3. The highest BCUT2D eigenvalue weighted by Gasteiger charge is 2.37. The number of imide groups is 1. The number of nitrogens with zero attached hydrogens (tertiary/aromatic N) is 2. The summed E-state index contributed by atoms with van der Waals surface area (Å²) in [6.45, 7) is 0.949. The average molecular weight is 588 g/mol. The van der Waals surface area contributed by atoms with E-state index in [9.17, 15) is 14.4 Å². The average Bonchev–Trinajstić information content (AvgIpc) is 3.16. The number of benzene rings is 3. The second-order valence-electron chi connectivity index (χ2n) is 8.83. The van der Waals surface area contributed by atoms with E-state index in [1.54, 1.807) is 29.2 Å². The van der Waals surface area contributed by atoms with Crippen LogP contribution in [0.25, 0.3) is 6.08 Å². The third-order valence-corrected chi connectivity index (χ3v) is 7.99. The van der Waals surface area contributed by atoms with Gasteiger partial charge in [0.1, 0.15) is 13.2 Å². The summed E-state index contributed by atoms with van der Waals surface area (Å²) in [6, 6.07) is 18.4. The van der Waals surface area contributed by atoms with Crippen LogP contribution in [-0.2, 0) is 29.2 Å². The molecule has 0 bridgehead atoms. The van der Waals surface area contributed by atoms with Crippen LogP contribution in [0.2, 0.25) is 15.1 Å². The molecule has 0 unspecified atom stereocenters. The topological polar surface area (TPSA) is 66.9 Å². The van der Waals surface area contributed by atoms with Crippen LogP contribution in [0.3, 0.4) is 0 Å². The van der Waals surface area contributed by atoms with Gasteiger partial charge in [0.25, 0.3) is 11.1 Å². The minimum absolute atomic E-state index is 0.189. The highest BCUT2D eigenvalue weighted by atomic mass is 35.5. The summed E-state index contributed by atoms with van der Waals surface area (Å²) in [5.41, 5.74) is 3.71. The van der Waals surface area contributed by atoms with Crippen LogP contribution in [-0.4, -0.2) is 39.9 Å². The SMILES string of the molecule is O=C(CN1C(=O)S/C(=C\c2cc(Cl)c(OCc3ccc(Cl)cc3)c(Cl)c2)C1=O)N1CCc2ccccc2C1. The maximum absolute atomic E-state index is 13.0. The number of ether oxygens (including phenoxy) is 1. The highest BCUT2D eigenvalue weighted by Crippen LogP contribution is 2.38. The number of thioether (sulfide) groups is 1. The Balaban J connectivity index is 1.25. The summed E-state index contributed by atoms with van der Waals surface area (Å²) in [5, 5.41) is 0.655. The van der Waals surface area contributed by atoms with E-state index in [4.69, 9.17) is 39.5 Å². The molecule has 6 nitrogen and oxygen atoms in total. The van der Waals surface area contributed by atoms with Crippen molar-refractivity contribution in [3.05, 3.63) is 103 Å². The largest absolute Gasteiger partial charge is 0.486 e. The monoisotopic (exact) mass is 586 g/mol. The molecule has 0 atom stereocenters. The molecule has 1 saturated heterocycles. The number of hydrogen-bond donors (Lipinski definition) is 0. The van der Waals surface area contributed by atoms with E-state index in [0.29, 0.717) is 29.4 Å².